The summed E-state index contributed by atoms with van der Waals surface area (Å²) in [5.74, 6) is -0.249. The summed E-state index contributed by atoms with van der Waals surface area (Å²) in [6, 6.07) is 4.78. The summed E-state index contributed by atoms with van der Waals surface area (Å²) in [6.45, 7) is 2.36. The fourth-order valence-corrected chi connectivity index (χ4v) is 4.89. The second kappa shape index (κ2) is 7.98. The van der Waals surface area contributed by atoms with Crippen molar-refractivity contribution in [1.82, 2.24) is 9.29 Å². The lowest BCUT2D eigenvalue weighted by Crippen LogP contribution is -2.24. The normalized spacial score (nSPS) is 14.7. The molecule has 1 saturated heterocycles. The van der Waals surface area contributed by atoms with Crippen LogP contribution in [0.4, 0.5) is 10.8 Å². The van der Waals surface area contributed by atoms with Crippen molar-refractivity contribution >= 4 is 44.0 Å². The summed E-state index contributed by atoms with van der Waals surface area (Å²) in [5, 5.41) is 5.09. The van der Waals surface area contributed by atoms with Crippen molar-refractivity contribution in [1.29, 1.82) is 0 Å². The molecule has 0 atom stereocenters. The molecule has 1 aliphatic rings. The SMILES string of the molecule is Cc1ccc(NC(=O)Cc2csc(N3CCCC3=O)n2)cc1S(=O)(=O)N(C)C. The number of nitrogens with zero attached hydrogens (tertiary/aromatic N) is 3. The van der Waals surface area contributed by atoms with E-state index in [9.17, 15) is 18.0 Å². The quantitative estimate of drug-likeness (QED) is 0.768. The highest BCUT2D eigenvalue weighted by Gasteiger charge is 2.24. The molecule has 2 heterocycles. The van der Waals surface area contributed by atoms with Gasteiger partial charge < -0.3 is 5.32 Å². The van der Waals surface area contributed by atoms with Crippen LogP contribution in [0.15, 0.2) is 28.5 Å². The van der Waals surface area contributed by atoms with E-state index in [1.165, 1.54) is 31.5 Å². The Morgan fingerprint density at radius 1 is 1.36 bits per heavy atom. The maximum Gasteiger partial charge on any atom is 0.242 e. The Bertz CT molecular complexity index is 1010. The van der Waals surface area contributed by atoms with Gasteiger partial charge in [0.25, 0.3) is 0 Å². The maximum atomic E-state index is 12.4. The lowest BCUT2D eigenvalue weighted by atomic mass is 10.2. The second-order valence-electron chi connectivity index (χ2n) is 6.76. The minimum absolute atomic E-state index is 0.0438. The van der Waals surface area contributed by atoms with Gasteiger partial charge in [0.05, 0.1) is 17.0 Å². The lowest BCUT2D eigenvalue weighted by Gasteiger charge is -2.15. The van der Waals surface area contributed by atoms with E-state index in [0.717, 1.165) is 10.7 Å². The molecule has 150 valence electrons. The molecule has 2 aromatic rings. The molecule has 0 unspecified atom stereocenters. The van der Waals surface area contributed by atoms with Crippen LogP contribution in [0.25, 0.3) is 0 Å². The highest BCUT2D eigenvalue weighted by Crippen LogP contribution is 2.26. The Morgan fingerprint density at radius 3 is 2.75 bits per heavy atom. The zero-order chi connectivity index (χ0) is 20.5. The number of nitrogens with one attached hydrogen (secondary N) is 1. The molecule has 3 rings (SSSR count). The number of amides is 2. The molecule has 28 heavy (non-hydrogen) atoms. The van der Waals surface area contributed by atoms with E-state index in [2.05, 4.69) is 10.3 Å². The van der Waals surface area contributed by atoms with Crippen molar-refractivity contribution < 1.29 is 18.0 Å². The molecular weight excluding hydrogens is 400 g/mol. The van der Waals surface area contributed by atoms with E-state index in [1.807, 2.05) is 0 Å². The number of rotatable bonds is 6. The topological polar surface area (TPSA) is 99.7 Å². The minimum Gasteiger partial charge on any atom is -0.326 e. The van der Waals surface area contributed by atoms with Gasteiger partial charge in [0.1, 0.15) is 0 Å². The van der Waals surface area contributed by atoms with E-state index >= 15 is 0 Å². The number of hydrogen-bond acceptors (Lipinski definition) is 6. The van der Waals surface area contributed by atoms with Crippen LogP contribution in [0.3, 0.4) is 0 Å². The highest BCUT2D eigenvalue weighted by molar-refractivity contribution is 7.89. The maximum absolute atomic E-state index is 12.4. The number of hydrogen-bond donors (Lipinski definition) is 1. The smallest absolute Gasteiger partial charge is 0.242 e. The summed E-state index contributed by atoms with van der Waals surface area (Å²) in [5.41, 5.74) is 1.58. The third-order valence-corrected chi connectivity index (χ3v) is 7.29. The van der Waals surface area contributed by atoms with Crippen LogP contribution in [-0.2, 0) is 26.0 Å². The molecule has 0 spiro atoms. The Hall–Kier alpha value is -2.30. The van der Waals surface area contributed by atoms with Crippen LogP contribution < -0.4 is 10.2 Å². The Morgan fingerprint density at radius 2 is 2.11 bits per heavy atom. The van der Waals surface area contributed by atoms with Crippen LogP contribution in [0.5, 0.6) is 0 Å². The predicted octanol–water partition coefficient (Wildman–Crippen LogP) is 2.01. The van der Waals surface area contributed by atoms with Crippen molar-refractivity contribution in [2.24, 2.45) is 0 Å². The Kier molecular flexibility index (Phi) is 5.82. The minimum atomic E-state index is -3.60. The summed E-state index contributed by atoms with van der Waals surface area (Å²) in [4.78, 5) is 30.3. The molecule has 1 aliphatic heterocycles. The Balaban J connectivity index is 1.70. The molecule has 0 radical (unpaired) electrons. The number of anilines is 2. The third-order valence-electron chi connectivity index (χ3n) is 4.42. The first-order valence-electron chi connectivity index (χ1n) is 8.76. The first kappa shape index (κ1) is 20.4. The third kappa shape index (κ3) is 4.23. The van der Waals surface area contributed by atoms with Gasteiger partial charge >= 0.3 is 0 Å². The average molecular weight is 423 g/mol. The molecule has 1 aromatic heterocycles. The molecule has 0 aliphatic carbocycles. The standard InChI is InChI=1S/C18H22N4O4S2/c1-12-6-7-13(9-15(12)28(25,26)21(2)3)19-16(23)10-14-11-27-18(20-14)22-8-4-5-17(22)24/h6-7,9,11H,4-5,8,10H2,1-3H3,(H,19,23). The first-order valence-corrected chi connectivity index (χ1v) is 11.1. The van der Waals surface area contributed by atoms with Crippen molar-refractivity contribution in [3.8, 4) is 0 Å². The zero-order valence-electron chi connectivity index (χ0n) is 15.9. The van der Waals surface area contributed by atoms with Gasteiger partial charge in [-0.15, -0.1) is 11.3 Å². The first-order chi connectivity index (χ1) is 13.2. The van der Waals surface area contributed by atoms with E-state index in [-0.39, 0.29) is 23.1 Å². The second-order valence-corrected chi connectivity index (χ2v) is 9.72. The summed E-state index contributed by atoms with van der Waals surface area (Å²) in [7, 11) is -0.676. The molecule has 10 heteroatoms. The number of thiazole rings is 1. The summed E-state index contributed by atoms with van der Waals surface area (Å²) >= 11 is 1.34. The van der Waals surface area contributed by atoms with Gasteiger partial charge in [-0.3, -0.25) is 14.5 Å². The fraction of sp³-hybridized carbons (Fsp3) is 0.389. The molecule has 2 amide bonds. The highest BCUT2D eigenvalue weighted by atomic mass is 32.2. The predicted molar refractivity (Wildman–Crippen MR) is 108 cm³/mol. The van der Waals surface area contributed by atoms with E-state index in [0.29, 0.717) is 35.0 Å². The van der Waals surface area contributed by atoms with Gasteiger partial charge in [-0.2, -0.15) is 0 Å². The zero-order valence-corrected chi connectivity index (χ0v) is 17.6. The molecule has 1 aromatic carbocycles. The van der Waals surface area contributed by atoms with Crippen molar-refractivity contribution in [2.45, 2.75) is 31.1 Å². The molecule has 1 N–H and O–H groups in total. The van der Waals surface area contributed by atoms with E-state index < -0.39 is 10.0 Å². The van der Waals surface area contributed by atoms with Gasteiger partial charge in [0.2, 0.25) is 21.8 Å². The van der Waals surface area contributed by atoms with Gasteiger partial charge in [-0.25, -0.2) is 17.7 Å². The van der Waals surface area contributed by atoms with Gasteiger partial charge in [-0.05, 0) is 31.0 Å². The molecule has 0 saturated carbocycles. The largest absolute Gasteiger partial charge is 0.326 e. The van der Waals surface area contributed by atoms with Crippen LogP contribution in [-0.4, -0.2) is 50.2 Å². The monoisotopic (exact) mass is 422 g/mol. The van der Waals surface area contributed by atoms with Gasteiger partial charge in [0.15, 0.2) is 5.13 Å². The molecule has 1 fully saturated rings. The number of aromatic nitrogens is 1. The van der Waals surface area contributed by atoms with Crippen molar-refractivity contribution in [2.75, 3.05) is 30.9 Å². The van der Waals surface area contributed by atoms with Crippen LogP contribution in [0.2, 0.25) is 0 Å². The lowest BCUT2D eigenvalue weighted by molar-refractivity contribution is -0.117. The van der Waals surface area contributed by atoms with Crippen LogP contribution in [0, 0.1) is 6.92 Å². The number of sulfonamides is 1. The van der Waals surface area contributed by atoms with Crippen LogP contribution >= 0.6 is 11.3 Å². The number of carbonyl (C=O) groups excluding carboxylic acids is 2. The molecule has 0 bridgehead atoms. The van der Waals surface area contributed by atoms with Crippen molar-refractivity contribution in [3.05, 3.63) is 34.8 Å². The van der Waals surface area contributed by atoms with Crippen LogP contribution in [0.1, 0.15) is 24.1 Å². The number of benzene rings is 1. The van der Waals surface area contributed by atoms with E-state index in [1.54, 1.807) is 29.3 Å². The number of aryl methyl sites for hydroxylation is 1. The Labute approximate surface area is 168 Å². The van der Waals surface area contributed by atoms with Crippen molar-refractivity contribution in [3.63, 3.8) is 0 Å². The average Bonchev–Trinajstić information content (AvgIpc) is 3.24. The summed E-state index contributed by atoms with van der Waals surface area (Å²) < 4.78 is 26.0. The summed E-state index contributed by atoms with van der Waals surface area (Å²) in [6.07, 6.45) is 1.39. The fourth-order valence-electron chi connectivity index (χ4n) is 2.87. The van der Waals surface area contributed by atoms with E-state index in [4.69, 9.17) is 0 Å². The number of carbonyl (C=O) groups is 2. The van der Waals surface area contributed by atoms with Gasteiger partial charge in [-0.1, -0.05) is 6.07 Å². The van der Waals surface area contributed by atoms with Gasteiger partial charge in [0, 0.05) is 38.1 Å². The molecular formula is C18H22N4O4S2. The molecule has 8 nitrogen and oxygen atoms in total.